The van der Waals surface area contributed by atoms with Crippen molar-refractivity contribution in [1.29, 1.82) is 0 Å². The molecule has 0 saturated carbocycles. The number of hydrogen-bond acceptors (Lipinski definition) is 5. The zero-order chi connectivity index (χ0) is 15.4. The first kappa shape index (κ1) is 14.8. The van der Waals surface area contributed by atoms with Crippen LogP contribution in [0.2, 0.25) is 0 Å². The second-order valence-corrected chi connectivity index (χ2v) is 6.18. The minimum atomic E-state index is 0.553. The molecule has 0 unspecified atom stereocenters. The van der Waals surface area contributed by atoms with Crippen molar-refractivity contribution in [1.82, 2.24) is 9.97 Å². The standard InChI is InChI=1S/C17H19N3OS/c1-3-14-15(4-2)21-16(19-14)9-8-13-12-18-17(22-13)20-10-6-5-7-11-20/h3-4,8-9,12H,1-2,5-7,10-11H2/b9-8+. The van der Waals surface area contributed by atoms with E-state index in [9.17, 15) is 0 Å². The van der Waals surface area contributed by atoms with Crippen molar-refractivity contribution in [2.45, 2.75) is 19.3 Å². The summed E-state index contributed by atoms with van der Waals surface area (Å²) in [4.78, 5) is 12.3. The maximum Gasteiger partial charge on any atom is 0.220 e. The summed E-state index contributed by atoms with van der Waals surface area (Å²) in [6.45, 7) is 9.65. The molecule has 0 atom stereocenters. The van der Waals surface area contributed by atoms with Crippen LogP contribution in [0.5, 0.6) is 0 Å². The minimum Gasteiger partial charge on any atom is -0.437 e. The van der Waals surface area contributed by atoms with Crippen LogP contribution in [0.15, 0.2) is 23.8 Å². The van der Waals surface area contributed by atoms with Crippen LogP contribution >= 0.6 is 11.3 Å². The molecule has 0 aromatic carbocycles. The molecule has 0 amide bonds. The predicted molar refractivity (Wildman–Crippen MR) is 93.8 cm³/mol. The van der Waals surface area contributed by atoms with Gasteiger partial charge < -0.3 is 9.32 Å². The average molecular weight is 313 g/mol. The maximum atomic E-state index is 5.59. The molecule has 1 saturated heterocycles. The van der Waals surface area contributed by atoms with Gasteiger partial charge in [-0.25, -0.2) is 9.97 Å². The van der Waals surface area contributed by atoms with Crippen molar-refractivity contribution < 1.29 is 4.42 Å². The molecule has 0 spiro atoms. The molecular weight excluding hydrogens is 294 g/mol. The predicted octanol–water partition coefficient (Wildman–Crippen LogP) is 4.58. The molecule has 3 heterocycles. The summed E-state index contributed by atoms with van der Waals surface area (Å²) >= 11 is 1.70. The molecule has 114 valence electrons. The smallest absolute Gasteiger partial charge is 0.220 e. The Labute approximate surface area is 134 Å². The summed E-state index contributed by atoms with van der Waals surface area (Å²) < 4.78 is 5.59. The third-order valence-electron chi connectivity index (χ3n) is 3.60. The van der Waals surface area contributed by atoms with Gasteiger partial charge in [-0.05, 0) is 37.5 Å². The number of piperidine rings is 1. The van der Waals surface area contributed by atoms with E-state index in [0.717, 1.165) is 23.1 Å². The third-order valence-corrected chi connectivity index (χ3v) is 4.63. The Morgan fingerprint density at radius 1 is 1.14 bits per heavy atom. The molecule has 0 N–H and O–H groups in total. The number of thiazole rings is 1. The highest BCUT2D eigenvalue weighted by atomic mass is 32.1. The summed E-state index contributed by atoms with van der Waals surface area (Å²) in [5, 5.41) is 1.10. The monoisotopic (exact) mass is 313 g/mol. The molecule has 2 aromatic rings. The fourth-order valence-corrected chi connectivity index (χ4v) is 3.33. The number of rotatable bonds is 5. The van der Waals surface area contributed by atoms with Crippen molar-refractivity contribution in [2.75, 3.05) is 18.0 Å². The zero-order valence-corrected chi connectivity index (χ0v) is 13.3. The molecule has 5 heteroatoms. The van der Waals surface area contributed by atoms with Crippen LogP contribution in [0.25, 0.3) is 24.3 Å². The lowest BCUT2D eigenvalue weighted by Crippen LogP contribution is -2.29. The second-order valence-electron chi connectivity index (χ2n) is 5.14. The van der Waals surface area contributed by atoms with Gasteiger partial charge in [0.05, 0.1) is 0 Å². The summed E-state index contributed by atoms with van der Waals surface area (Å²) in [7, 11) is 0. The van der Waals surface area contributed by atoms with Crippen LogP contribution in [0.3, 0.4) is 0 Å². The number of aromatic nitrogens is 2. The average Bonchev–Trinajstić information content (AvgIpc) is 3.20. The lowest BCUT2D eigenvalue weighted by atomic mass is 10.1. The van der Waals surface area contributed by atoms with Gasteiger partial charge in [-0.3, -0.25) is 0 Å². The molecule has 2 aromatic heterocycles. The second kappa shape index (κ2) is 6.75. The molecule has 22 heavy (non-hydrogen) atoms. The molecule has 0 radical (unpaired) electrons. The van der Waals surface area contributed by atoms with Gasteiger partial charge in [-0.2, -0.15) is 0 Å². The highest BCUT2D eigenvalue weighted by Crippen LogP contribution is 2.26. The van der Waals surface area contributed by atoms with E-state index in [-0.39, 0.29) is 0 Å². The Morgan fingerprint density at radius 2 is 1.95 bits per heavy atom. The van der Waals surface area contributed by atoms with E-state index in [4.69, 9.17) is 4.42 Å². The summed E-state index contributed by atoms with van der Waals surface area (Å²) in [6, 6.07) is 0. The normalized spacial score (nSPS) is 15.4. The quantitative estimate of drug-likeness (QED) is 0.810. The Kier molecular flexibility index (Phi) is 4.53. The lowest BCUT2D eigenvalue weighted by Gasteiger charge is -2.25. The molecule has 0 bridgehead atoms. The lowest BCUT2D eigenvalue weighted by molar-refractivity contribution is 0.537. The van der Waals surface area contributed by atoms with Gasteiger partial charge in [0.2, 0.25) is 5.89 Å². The topological polar surface area (TPSA) is 42.2 Å². The van der Waals surface area contributed by atoms with Crippen molar-refractivity contribution in [3.8, 4) is 0 Å². The van der Waals surface area contributed by atoms with E-state index >= 15 is 0 Å². The minimum absolute atomic E-state index is 0.553. The Hall–Kier alpha value is -2.14. The number of oxazole rings is 1. The van der Waals surface area contributed by atoms with Crippen LogP contribution in [0.4, 0.5) is 5.13 Å². The SMILES string of the molecule is C=Cc1nc(/C=C/c2cnc(N3CCCCC3)s2)oc1C=C. The van der Waals surface area contributed by atoms with Gasteiger partial charge in [0.1, 0.15) is 5.69 Å². The van der Waals surface area contributed by atoms with E-state index in [0.29, 0.717) is 17.3 Å². The van der Waals surface area contributed by atoms with Gasteiger partial charge in [0.15, 0.2) is 10.9 Å². The van der Waals surface area contributed by atoms with Crippen LogP contribution in [0, 0.1) is 0 Å². The Bertz CT molecular complexity index is 667. The fourth-order valence-electron chi connectivity index (χ4n) is 2.46. The molecule has 1 fully saturated rings. The van der Waals surface area contributed by atoms with Crippen LogP contribution < -0.4 is 4.90 Å². The van der Waals surface area contributed by atoms with Crippen LogP contribution in [-0.4, -0.2) is 23.1 Å². The highest BCUT2D eigenvalue weighted by molar-refractivity contribution is 7.16. The Balaban J connectivity index is 1.72. The van der Waals surface area contributed by atoms with E-state index in [1.807, 2.05) is 18.3 Å². The molecule has 0 aliphatic carbocycles. The van der Waals surface area contributed by atoms with Gasteiger partial charge in [0.25, 0.3) is 0 Å². The molecule has 1 aliphatic heterocycles. The summed E-state index contributed by atoms with van der Waals surface area (Å²) in [5.74, 6) is 1.20. The zero-order valence-electron chi connectivity index (χ0n) is 12.5. The first-order chi connectivity index (χ1) is 10.8. The van der Waals surface area contributed by atoms with E-state index in [1.165, 1.54) is 19.3 Å². The number of anilines is 1. The van der Waals surface area contributed by atoms with Crippen LogP contribution in [-0.2, 0) is 0 Å². The molecular formula is C17H19N3OS. The van der Waals surface area contributed by atoms with Crippen molar-refractivity contribution >= 4 is 40.8 Å². The Morgan fingerprint density at radius 3 is 2.64 bits per heavy atom. The summed E-state index contributed by atoms with van der Waals surface area (Å²) in [6.07, 6.45) is 12.9. The van der Waals surface area contributed by atoms with E-state index < -0.39 is 0 Å². The van der Waals surface area contributed by atoms with E-state index in [1.54, 1.807) is 23.5 Å². The van der Waals surface area contributed by atoms with Gasteiger partial charge in [-0.15, -0.1) is 0 Å². The number of hydrogen-bond donors (Lipinski definition) is 0. The van der Waals surface area contributed by atoms with Crippen molar-refractivity contribution in [3.05, 3.63) is 41.6 Å². The summed E-state index contributed by atoms with van der Waals surface area (Å²) in [5.41, 5.74) is 0.716. The number of nitrogens with zero attached hydrogens (tertiary/aromatic N) is 3. The van der Waals surface area contributed by atoms with Gasteiger partial charge in [0, 0.05) is 30.2 Å². The first-order valence-electron chi connectivity index (χ1n) is 7.44. The molecule has 3 rings (SSSR count). The van der Waals surface area contributed by atoms with Crippen molar-refractivity contribution in [2.24, 2.45) is 0 Å². The molecule has 4 nitrogen and oxygen atoms in total. The maximum absolute atomic E-state index is 5.59. The third kappa shape index (κ3) is 3.20. The molecule has 1 aliphatic rings. The fraction of sp³-hybridized carbons (Fsp3) is 0.294. The largest absolute Gasteiger partial charge is 0.437 e. The van der Waals surface area contributed by atoms with Crippen molar-refractivity contribution in [3.63, 3.8) is 0 Å². The van der Waals surface area contributed by atoms with E-state index in [2.05, 4.69) is 28.0 Å². The van der Waals surface area contributed by atoms with Gasteiger partial charge >= 0.3 is 0 Å². The first-order valence-corrected chi connectivity index (χ1v) is 8.26. The van der Waals surface area contributed by atoms with Gasteiger partial charge in [-0.1, -0.05) is 24.5 Å². The van der Waals surface area contributed by atoms with Crippen LogP contribution in [0.1, 0.15) is 41.5 Å². The highest BCUT2D eigenvalue weighted by Gasteiger charge is 2.13.